The number of hydrogen-bond donors (Lipinski definition) is 3. The summed E-state index contributed by atoms with van der Waals surface area (Å²) >= 11 is 0. The van der Waals surface area contributed by atoms with Gasteiger partial charge in [-0.1, -0.05) is 68.4 Å². The van der Waals surface area contributed by atoms with Crippen molar-refractivity contribution in [3.8, 4) is 28.1 Å². The molecule has 0 spiro atoms. The Morgan fingerprint density at radius 2 is 1.59 bits per heavy atom. The van der Waals surface area contributed by atoms with E-state index in [0.29, 0.717) is 5.56 Å². The molecule has 0 saturated heterocycles. The zero-order valence-electron chi connectivity index (χ0n) is 20.9. The van der Waals surface area contributed by atoms with Crippen molar-refractivity contribution in [1.29, 1.82) is 0 Å². The molecule has 3 aromatic carbocycles. The van der Waals surface area contributed by atoms with Crippen molar-refractivity contribution in [3.05, 3.63) is 95.7 Å². The van der Waals surface area contributed by atoms with E-state index in [9.17, 15) is 17.7 Å². The van der Waals surface area contributed by atoms with E-state index in [4.69, 9.17) is 14.5 Å². The number of aromatic nitrogens is 2. The van der Waals surface area contributed by atoms with E-state index in [-0.39, 0.29) is 23.7 Å². The number of hydrogen-bond acceptors (Lipinski definition) is 4. The predicted molar refractivity (Wildman–Crippen MR) is 136 cm³/mol. The fraction of sp³-hybridized carbons (Fsp3) is 0.222. The molecular weight excluding hydrogens is 539 g/mol. The number of phosphoric ester groups is 1. The van der Waals surface area contributed by atoms with E-state index in [0.717, 1.165) is 23.3 Å². The third-order valence-corrected chi connectivity index (χ3v) is 6.38. The second kappa shape index (κ2) is 10.9. The number of benzene rings is 3. The van der Waals surface area contributed by atoms with Crippen LogP contribution < -0.4 is 4.74 Å². The second-order valence-corrected chi connectivity index (χ2v) is 10.7. The number of alkyl halides is 3. The van der Waals surface area contributed by atoms with E-state index < -0.39 is 43.2 Å². The van der Waals surface area contributed by atoms with Gasteiger partial charge in [-0.3, -0.25) is 4.52 Å². The van der Waals surface area contributed by atoms with Crippen molar-refractivity contribution in [3.63, 3.8) is 0 Å². The zero-order chi connectivity index (χ0) is 28.4. The lowest BCUT2D eigenvalue weighted by Crippen LogP contribution is -2.25. The highest BCUT2D eigenvalue weighted by Gasteiger charge is 2.37. The first-order valence-electron chi connectivity index (χ1n) is 11.7. The number of nitrogens with one attached hydrogen (secondary N) is 1. The van der Waals surface area contributed by atoms with Crippen molar-refractivity contribution in [2.24, 2.45) is 0 Å². The van der Waals surface area contributed by atoms with Gasteiger partial charge in [0.05, 0.1) is 18.5 Å². The van der Waals surface area contributed by atoms with E-state index in [1.807, 2.05) is 30.3 Å². The predicted octanol–water partition coefficient (Wildman–Crippen LogP) is 6.87. The molecule has 0 bridgehead atoms. The molecule has 0 aliphatic rings. The van der Waals surface area contributed by atoms with Gasteiger partial charge in [0.25, 0.3) is 0 Å². The molecule has 0 unspecified atom stereocenters. The first-order valence-corrected chi connectivity index (χ1v) is 13.2. The van der Waals surface area contributed by atoms with Gasteiger partial charge in [-0.15, -0.1) is 0 Å². The highest BCUT2D eigenvalue weighted by molar-refractivity contribution is 7.46. The summed E-state index contributed by atoms with van der Waals surface area (Å²) in [4.78, 5) is 24.8. The van der Waals surface area contributed by atoms with E-state index in [2.05, 4.69) is 14.5 Å². The van der Waals surface area contributed by atoms with Crippen molar-refractivity contribution in [2.75, 3.05) is 6.61 Å². The van der Waals surface area contributed by atoms with Crippen molar-refractivity contribution < 1.29 is 41.2 Å². The minimum Gasteiger partial charge on any atom is -0.485 e. The van der Waals surface area contributed by atoms with Crippen molar-refractivity contribution in [2.45, 2.75) is 32.0 Å². The Labute approximate surface area is 221 Å². The Bertz CT molecular complexity index is 1480. The topological polar surface area (TPSA) is 105 Å². The molecule has 7 nitrogen and oxygen atoms in total. The van der Waals surface area contributed by atoms with Crippen molar-refractivity contribution in [1.82, 2.24) is 9.97 Å². The molecule has 0 saturated carbocycles. The third kappa shape index (κ3) is 7.13. The van der Waals surface area contributed by atoms with Gasteiger partial charge in [-0.2, -0.15) is 13.2 Å². The van der Waals surface area contributed by atoms with Crippen LogP contribution in [0.3, 0.4) is 0 Å². The number of phosphoric acid groups is 1. The van der Waals surface area contributed by atoms with Crippen molar-refractivity contribution >= 4 is 7.82 Å². The van der Waals surface area contributed by atoms with E-state index in [1.165, 1.54) is 6.20 Å². The highest BCUT2D eigenvalue weighted by Crippen LogP contribution is 2.42. The van der Waals surface area contributed by atoms with Gasteiger partial charge < -0.3 is 19.5 Å². The van der Waals surface area contributed by atoms with Gasteiger partial charge in [0.1, 0.15) is 18.0 Å². The van der Waals surface area contributed by atoms with Crippen LogP contribution in [0.25, 0.3) is 22.4 Å². The lowest BCUT2D eigenvalue weighted by Gasteiger charge is -2.22. The Balaban J connectivity index is 1.56. The van der Waals surface area contributed by atoms with Crippen LogP contribution in [-0.2, 0) is 27.3 Å². The summed E-state index contributed by atoms with van der Waals surface area (Å²) in [5.74, 6) is -1.95. The fourth-order valence-electron chi connectivity index (χ4n) is 3.81. The molecule has 0 radical (unpaired) electrons. The van der Waals surface area contributed by atoms with Crippen LogP contribution in [0.5, 0.6) is 5.75 Å². The monoisotopic (exact) mass is 564 g/mol. The number of ether oxygens (including phenoxy) is 1. The van der Waals surface area contributed by atoms with Crippen LogP contribution >= 0.6 is 7.82 Å². The summed E-state index contributed by atoms with van der Waals surface area (Å²) in [6.07, 6.45) is -3.71. The molecule has 206 valence electrons. The molecule has 39 heavy (non-hydrogen) atoms. The average molecular weight is 564 g/mol. The van der Waals surface area contributed by atoms with Crippen LogP contribution in [0.15, 0.2) is 72.9 Å². The molecule has 0 aliphatic heterocycles. The van der Waals surface area contributed by atoms with E-state index in [1.54, 1.807) is 38.1 Å². The number of rotatable bonds is 9. The Morgan fingerprint density at radius 3 is 2.21 bits per heavy atom. The smallest absolute Gasteiger partial charge is 0.469 e. The average Bonchev–Trinajstić information content (AvgIpc) is 3.38. The van der Waals surface area contributed by atoms with Gasteiger partial charge >= 0.3 is 14.0 Å². The first kappa shape index (κ1) is 28.5. The van der Waals surface area contributed by atoms with Gasteiger partial charge in [0.15, 0.2) is 11.6 Å². The summed E-state index contributed by atoms with van der Waals surface area (Å²) in [6.45, 7) is 2.43. The fourth-order valence-corrected chi connectivity index (χ4v) is 4.30. The van der Waals surface area contributed by atoms with Gasteiger partial charge in [-0.25, -0.2) is 13.9 Å². The number of nitrogens with zero attached hydrogens (tertiary/aromatic N) is 1. The number of imidazole rings is 1. The molecule has 0 fully saturated rings. The molecule has 4 aromatic rings. The summed E-state index contributed by atoms with van der Waals surface area (Å²) in [6, 6.07) is 18.2. The molecule has 0 aliphatic carbocycles. The zero-order valence-corrected chi connectivity index (χ0v) is 21.8. The molecular formula is C27H25F4N2O5P. The molecule has 3 N–H and O–H groups in total. The molecule has 0 atom stereocenters. The Morgan fingerprint density at radius 1 is 0.949 bits per heavy atom. The summed E-state index contributed by atoms with van der Waals surface area (Å²) in [5, 5.41) is 0. The standard InChI is InChI=1S/C27H25F4N2O5P/c1-26(2,16-38-39(34,35)36)25-32-14-23(33-25)20-12-21(27(29,30)31)24(22(28)13-20)37-15-17-8-10-19(11-9-17)18-6-4-3-5-7-18/h3-14H,15-16H2,1-2H3,(H,32,33)(H2,34,35,36). The van der Waals surface area contributed by atoms with Crippen LogP contribution in [0, 0.1) is 5.82 Å². The summed E-state index contributed by atoms with van der Waals surface area (Å²) in [5.41, 5.74) is 0.0606. The third-order valence-electron chi connectivity index (χ3n) is 5.91. The maximum atomic E-state index is 15.0. The maximum Gasteiger partial charge on any atom is 0.469 e. The molecule has 1 heterocycles. The Hall–Kier alpha value is -3.50. The summed E-state index contributed by atoms with van der Waals surface area (Å²) < 4.78 is 77.7. The number of H-pyrrole nitrogens is 1. The van der Waals surface area contributed by atoms with Crippen LogP contribution in [0.1, 0.15) is 30.8 Å². The molecule has 1 aromatic heterocycles. The van der Waals surface area contributed by atoms with Crippen LogP contribution in [-0.4, -0.2) is 26.4 Å². The maximum absolute atomic E-state index is 15.0. The minimum absolute atomic E-state index is 0.0710. The summed E-state index contributed by atoms with van der Waals surface area (Å²) in [7, 11) is -4.75. The second-order valence-electron chi connectivity index (χ2n) is 9.48. The van der Waals surface area contributed by atoms with E-state index >= 15 is 4.39 Å². The highest BCUT2D eigenvalue weighted by atomic mass is 31.2. The lowest BCUT2D eigenvalue weighted by atomic mass is 9.94. The van der Waals surface area contributed by atoms with Crippen LogP contribution in [0.2, 0.25) is 0 Å². The van der Waals surface area contributed by atoms with Gasteiger partial charge in [-0.05, 0) is 28.8 Å². The lowest BCUT2D eigenvalue weighted by molar-refractivity contribution is -0.139. The van der Waals surface area contributed by atoms with Crippen LogP contribution in [0.4, 0.5) is 17.6 Å². The Kier molecular flexibility index (Phi) is 7.99. The molecule has 0 amide bonds. The SMILES string of the molecule is CC(C)(COP(=O)(O)O)c1ncc(-c2cc(F)c(OCc3ccc(-c4ccccc4)cc3)c(C(F)(F)F)c2)[nH]1. The quantitative estimate of drug-likeness (QED) is 0.151. The first-order chi connectivity index (χ1) is 18.2. The minimum atomic E-state index is -4.91. The molecule has 4 rings (SSSR count). The largest absolute Gasteiger partial charge is 0.485 e. The normalized spacial score (nSPS) is 12.5. The molecule has 12 heteroatoms. The number of aromatic amines is 1. The van der Waals surface area contributed by atoms with Gasteiger partial charge in [0, 0.05) is 11.0 Å². The van der Waals surface area contributed by atoms with Gasteiger partial charge in [0.2, 0.25) is 0 Å². The number of halogens is 4.